The van der Waals surface area contributed by atoms with E-state index in [1.165, 1.54) is 37.4 Å². The van der Waals surface area contributed by atoms with Crippen LogP contribution in [-0.2, 0) is 9.53 Å². The van der Waals surface area contributed by atoms with Crippen molar-refractivity contribution in [2.75, 3.05) is 19.0 Å². The number of benzene rings is 2. The maximum absolute atomic E-state index is 12.1. The zero-order chi connectivity index (χ0) is 19.3. The van der Waals surface area contributed by atoms with Crippen LogP contribution in [0.4, 0.5) is 11.4 Å². The minimum atomic E-state index is -0.547. The van der Waals surface area contributed by atoms with Crippen LogP contribution in [-0.4, -0.2) is 30.5 Å². The van der Waals surface area contributed by atoms with Crippen molar-refractivity contribution in [2.24, 2.45) is 0 Å². The first kappa shape index (κ1) is 18.9. The van der Waals surface area contributed by atoms with Crippen molar-refractivity contribution in [3.05, 3.63) is 63.2 Å². The third-order valence-corrected chi connectivity index (χ3v) is 3.82. The Bertz CT molecular complexity index is 846. The first-order chi connectivity index (χ1) is 12.3. The lowest BCUT2D eigenvalue weighted by Crippen LogP contribution is -2.21. The van der Waals surface area contributed by atoms with Gasteiger partial charge in [0.05, 0.1) is 17.6 Å². The van der Waals surface area contributed by atoms with Crippen molar-refractivity contribution < 1.29 is 24.0 Å². The molecule has 0 atom stereocenters. The summed E-state index contributed by atoms with van der Waals surface area (Å²) in [5.74, 6) is -0.626. The largest absolute Gasteiger partial charge is 0.484 e. The van der Waals surface area contributed by atoms with E-state index in [1.54, 1.807) is 19.9 Å². The van der Waals surface area contributed by atoms with Gasteiger partial charge in [0.2, 0.25) is 0 Å². The van der Waals surface area contributed by atoms with Crippen LogP contribution in [0.2, 0.25) is 0 Å². The number of aryl methyl sites for hydroxylation is 1. The second-order valence-corrected chi connectivity index (χ2v) is 5.51. The number of carbonyl (C=O) groups excluding carboxylic acids is 2. The predicted molar refractivity (Wildman–Crippen MR) is 94.5 cm³/mol. The van der Waals surface area contributed by atoms with Crippen LogP contribution in [0.1, 0.15) is 21.5 Å². The zero-order valence-corrected chi connectivity index (χ0v) is 14.6. The van der Waals surface area contributed by atoms with E-state index in [0.717, 1.165) is 5.56 Å². The van der Waals surface area contributed by atoms with Crippen LogP contribution in [0.15, 0.2) is 36.4 Å². The molecule has 2 rings (SSSR count). The molecule has 2 aromatic rings. The van der Waals surface area contributed by atoms with E-state index in [4.69, 9.17) is 4.74 Å². The average molecular weight is 358 g/mol. The first-order valence-electron chi connectivity index (χ1n) is 7.69. The highest BCUT2D eigenvalue weighted by Crippen LogP contribution is 2.30. The molecule has 0 aliphatic carbocycles. The van der Waals surface area contributed by atoms with Gasteiger partial charge in [-0.05, 0) is 49.2 Å². The summed E-state index contributed by atoms with van der Waals surface area (Å²) in [5, 5.41) is 13.7. The number of nitrogens with one attached hydrogen (secondary N) is 1. The number of methoxy groups -OCH3 is 1. The van der Waals surface area contributed by atoms with E-state index >= 15 is 0 Å². The number of nitrogens with zero attached hydrogens (tertiary/aromatic N) is 1. The second-order valence-electron chi connectivity index (χ2n) is 5.51. The lowest BCUT2D eigenvalue weighted by Gasteiger charge is -2.12. The monoisotopic (exact) mass is 358 g/mol. The predicted octanol–water partition coefficient (Wildman–Crippen LogP) is 3.02. The first-order valence-corrected chi connectivity index (χ1v) is 7.69. The molecule has 0 saturated heterocycles. The maximum Gasteiger partial charge on any atom is 0.337 e. The maximum atomic E-state index is 12.1. The lowest BCUT2D eigenvalue weighted by atomic mass is 10.1. The molecule has 0 spiro atoms. The Balaban J connectivity index is 2.05. The molecule has 0 bridgehead atoms. The molecule has 1 N–H and O–H groups in total. The van der Waals surface area contributed by atoms with E-state index in [2.05, 4.69) is 10.1 Å². The zero-order valence-electron chi connectivity index (χ0n) is 14.6. The molecule has 26 heavy (non-hydrogen) atoms. The van der Waals surface area contributed by atoms with Gasteiger partial charge in [-0.1, -0.05) is 6.07 Å². The van der Waals surface area contributed by atoms with Crippen molar-refractivity contribution in [2.45, 2.75) is 13.8 Å². The van der Waals surface area contributed by atoms with Gasteiger partial charge in [-0.3, -0.25) is 14.9 Å². The number of hydrogen-bond donors (Lipinski definition) is 1. The number of carbonyl (C=O) groups is 2. The van der Waals surface area contributed by atoms with Gasteiger partial charge in [-0.2, -0.15) is 0 Å². The summed E-state index contributed by atoms with van der Waals surface area (Å²) in [6.07, 6.45) is 0. The van der Waals surface area contributed by atoms with E-state index < -0.39 is 16.8 Å². The SMILES string of the molecule is COC(=O)c1ccc(OCC(=O)Nc2c([N+](=O)[O-])ccc(C)c2C)cc1. The quantitative estimate of drug-likeness (QED) is 0.483. The Morgan fingerprint density at radius 1 is 1.12 bits per heavy atom. The van der Waals surface area contributed by atoms with Crippen LogP contribution in [0.5, 0.6) is 5.75 Å². The number of hydrogen-bond acceptors (Lipinski definition) is 6. The van der Waals surface area contributed by atoms with Gasteiger partial charge in [0.1, 0.15) is 11.4 Å². The molecule has 2 aromatic carbocycles. The fraction of sp³-hybridized carbons (Fsp3) is 0.222. The summed E-state index contributed by atoms with van der Waals surface area (Å²) in [4.78, 5) is 34.1. The summed E-state index contributed by atoms with van der Waals surface area (Å²) in [6.45, 7) is 3.17. The summed E-state index contributed by atoms with van der Waals surface area (Å²) in [6, 6.07) is 9.05. The van der Waals surface area contributed by atoms with Crippen LogP contribution < -0.4 is 10.1 Å². The Labute approximate surface area is 149 Å². The lowest BCUT2D eigenvalue weighted by molar-refractivity contribution is -0.384. The molecule has 136 valence electrons. The van der Waals surface area contributed by atoms with Crippen molar-refractivity contribution in [3.8, 4) is 5.75 Å². The standard InChI is InChI=1S/C18H18N2O6/c1-11-4-9-15(20(23)24)17(12(11)2)19-16(21)10-26-14-7-5-13(6-8-14)18(22)25-3/h4-9H,10H2,1-3H3,(H,19,21). The minimum Gasteiger partial charge on any atom is -0.484 e. The number of rotatable bonds is 6. The molecule has 0 radical (unpaired) electrons. The van der Waals surface area contributed by atoms with Gasteiger partial charge in [-0.15, -0.1) is 0 Å². The normalized spacial score (nSPS) is 10.1. The molecule has 0 saturated carbocycles. The molecule has 0 heterocycles. The molecule has 0 unspecified atom stereocenters. The van der Waals surface area contributed by atoms with Gasteiger partial charge in [0.15, 0.2) is 6.61 Å². The number of anilines is 1. The number of amides is 1. The number of nitro benzene ring substituents is 1. The summed E-state index contributed by atoms with van der Waals surface area (Å²) in [5.41, 5.74) is 1.78. The van der Waals surface area contributed by atoms with Crippen molar-refractivity contribution in [1.29, 1.82) is 0 Å². The number of esters is 1. The third kappa shape index (κ3) is 4.35. The second kappa shape index (κ2) is 8.11. The Hall–Kier alpha value is -3.42. The molecular formula is C18H18N2O6. The van der Waals surface area contributed by atoms with Crippen molar-refractivity contribution >= 4 is 23.3 Å². The van der Waals surface area contributed by atoms with Crippen LogP contribution in [0.25, 0.3) is 0 Å². The van der Waals surface area contributed by atoms with E-state index in [1.807, 2.05) is 0 Å². The van der Waals surface area contributed by atoms with Crippen molar-refractivity contribution in [1.82, 2.24) is 0 Å². The van der Waals surface area contributed by atoms with E-state index in [0.29, 0.717) is 16.9 Å². The molecular weight excluding hydrogens is 340 g/mol. The number of ether oxygens (including phenoxy) is 2. The highest BCUT2D eigenvalue weighted by molar-refractivity contribution is 5.95. The Morgan fingerprint density at radius 2 is 1.77 bits per heavy atom. The summed E-state index contributed by atoms with van der Waals surface area (Å²) >= 11 is 0. The fourth-order valence-electron chi connectivity index (χ4n) is 2.24. The third-order valence-electron chi connectivity index (χ3n) is 3.82. The molecule has 0 aromatic heterocycles. The van der Waals surface area contributed by atoms with Gasteiger partial charge < -0.3 is 14.8 Å². The average Bonchev–Trinajstić information content (AvgIpc) is 2.63. The number of nitro groups is 1. The van der Waals surface area contributed by atoms with E-state index in [-0.39, 0.29) is 18.0 Å². The van der Waals surface area contributed by atoms with Crippen LogP contribution in [0.3, 0.4) is 0 Å². The molecule has 8 nitrogen and oxygen atoms in total. The highest BCUT2D eigenvalue weighted by Gasteiger charge is 2.19. The fourth-order valence-corrected chi connectivity index (χ4v) is 2.24. The van der Waals surface area contributed by atoms with Crippen LogP contribution in [0, 0.1) is 24.0 Å². The molecule has 0 fully saturated rings. The van der Waals surface area contributed by atoms with Gasteiger partial charge >= 0.3 is 5.97 Å². The molecule has 8 heteroatoms. The van der Waals surface area contributed by atoms with Gasteiger partial charge in [0, 0.05) is 6.07 Å². The minimum absolute atomic E-state index is 0.157. The summed E-state index contributed by atoms with van der Waals surface area (Å²) < 4.78 is 9.94. The van der Waals surface area contributed by atoms with Gasteiger partial charge in [0.25, 0.3) is 11.6 Å². The van der Waals surface area contributed by atoms with Crippen molar-refractivity contribution in [3.63, 3.8) is 0 Å². The smallest absolute Gasteiger partial charge is 0.337 e. The Kier molecular flexibility index (Phi) is 5.90. The Morgan fingerprint density at radius 3 is 2.35 bits per heavy atom. The van der Waals surface area contributed by atoms with Gasteiger partial charge in [-0.25, -0.2) is 4.79 Å². The van der Waals surface area contributed by atoms with Crippen LogP contribution >= 0.6 is 0 Å². The molecule has 0 aliphatic rings. The molecule has 0 aliphatic heterocycles. The topological polar surface area (TPSA) is 108 Å². The molecule has 1 amide bonds. The highest BCUT2D eigenvalue weighted by atomic mass is 16.6. The summed E-state index contributed by atoms with van der Waals surface area (Å²) in [7, 11) is 1.28. The van der Waals surface area contributed by atoms with E-state index in [9.17, 15) is 19.7 Å².